The van der Waals surface area contributed by atoms with Gasteiger partial charge in [0.1, 0.15) is 5.82 Å². The highest BCUT2D eigenvalue weighted by Crippen LogP contribution is 2.21. The van der Waals surface area contributed by atoms with Crippen LogP contribution in [0.1, 0.15) is 12.5 Å². The van der Waals surface area contributed by atoms with E-state index < -0.39 is 0 Å². The van der Waals surface area contributed by atoms with Gasteiger partial charge >= 0.3 is 0 Å². The van der Waals surface area contributed by atoms with E-state index in [1.807, 2.05) is 6.92 Å². The molecule has 0 unspecified atom stereocenters. The van der Waals surface area contributed by atoms with Crippen LogP contribution in [0, 0.1) is 5.82 Å². The molecule has 0 aliphatic heterocycles. The first kappa shape index (κ1) is 8.87. The van der Waals surface area contributed by atoms with Crippen molar-refractivity contribution in [3.63, 3.8) is 0 Å². The van der Waals surface area contributed by atoms with Gasteiger partial charge in [-0.1, -0.05) is 6.92 Å². The van der Waals surface area contributed by atoms with Crippen molar-refractivity contribution in [2.24, 2.45) is 0 Å². The van der Waals surface area contributed by atoms with E-state index in [-0.39, 0.29) is 11.6 Å². The molecule has 14 heavy (non-hydrogen) atoms. The Morgan fingerprint density at radius 3 is 2.93 bits per heavy atom. The summed E-state index contributed by atoms with van der Waals surface area (Å²) >= 11 is 0. The van der Waals surface area contributed by atoms with Crippen molar-refractivity contribution in [2.75, 3.05) is 5.73 Å². The van der Waals surface area contributed by atoms with E-state index in [1.165, 1.54) is 6.07 Å². The van der Waals surface area contributed by atoms with Gasteiger partial charge in [-0.2, -0.15) is 5.10 Å². The zero-order valence-corrected chi connectivity index (χ0v) is 7.79. The summed E-state index contributed by atoms with van der Waals surface area (Å²) in [6.45, 7) is 1.90. The highest BCUT2D eigenvalue weighted by atomic mass is 19.1. The molecule has 0 saturated carbocycles. The van der Waals surface area contributed by atoms with Gasteiger partial charge in [0.25, 0.3) is 0 Å². The van der Waals surface area contributed by atoms with Gasteiger partial charge in [-0.25, -0.2) is 4.39 Å². The summed E-state index contributed by atoms with van der Waals surface area (Å²) in [5.41, 5.74) is 6.25. The zero-order valence-electron chi connectivity index (χ0n) is 7.79. The molecule has 4 heteroatoms. The molecule has 1 aromatic heterocycles. The Morgan fingerprint density at radius 2 is 2.21 bits per heavy atom. The fourth-order valence-corrected chi connectivity index (χ4v) is 1.44. The minimum Gasteiger partial charge on any atom is -0.382 e. The van der Waals surface area contributed by atoms with Crippen LogP contribution in [0.15, 0.2) is 18.3 Å². The van der Waals surface area contributed by atoms with Gasteiger partial charge in [-0.3, -0.25) is 0 Å². The monoisotopic (exact) mass is 191 g/mol. The van der Waals surface area contributed by atoms with Crippen molar-refractivity contribution in [3.05, 3.63) is 29.7 Å². The minimum atomic E-state index is -0.236. The third kappa shape index (κ3) is 1.28. The van der Waals surface area contributed by atoms with Crippen molar-refractivity contribution in [1.29, 1.82) is 0 Å². The largest absolute Gasteiger partial charge is 0.382 e. The van der Waals surface area contributed by atoms with E-state index in [2.05, 4.69) is 10.2 Å². The Balaban J connectivity index is 2.79. The summed E-state index contributed by atoms with van der Waals surface area (Å²) < 4.78 is 13.4. The number of anilines is 1. The quantitative estimate of drug-likeness (QED) is 0.749. The zero-order chi connectivity index (χ0) is 10.1. The predicted octanol–water partition coefficient (Wildman–Crippen LogP) is 1.91. The number of rotatable bonds is 1. The van der Waals surface area contributed by atoms with E-state index in [0.29, 0.717) is 17.4 Å². The van der Waals surface area contributed by atoms with Crippen LogP contribution < -0.4 is 5.73 Å². The molecular weight excluding hydrogens is 181 g/mol. The molecule has 3 nitrogen and oxygen atoms in total. The molecule has 0 fully saturated rings. The number of nitrogens with two attached hydrogens (primary N) is 1. The van der Waals surface area contributed by atoms with Crippen LogP contribution in [0.5, 0.6) is 0 Å². The molecule has 1 heterocycles. The van der Waals surface area contributed by atoms with Crippen LogP contribution in [-0.2, 0) is 6.42 Å². The van der Waals surface area contributed by atoms with Crippen LogP contribution in [0.3, 0.4) is 0 Å². The van der Waals surface area contributed by atoms with Crippen LogP contribution in [0.2, 0.25) is 0 Å². The Morgan fingerprint density at radius 1 is 1.43 bits per heavy atom. The molecule has 1 aromatic carbocycles. The molecule has 0 aliphatic carbocycles. The Hall–Kier alpha value is -1.71. The predicted molar refractivity (Wildman–Crippen MR) is 53.3 cm³/mol. The molecule has 72 valence electrons. The lowest BCUT2D eigenvalue weighted by molar-refractivity contribution is 0.614. The number of aryl methyl sites for hydroxylation is 1. The van der Waals surface area contributed by atoms with Crippen LogP contribution >= 0.6 is 0 Å². The molecule has 2 N–H and O–H groups in total. The van der Waals surface area contributed by atoms with Gasteiger partial charge in [-0.05, 0) is 24.1 Å². The highest BCUT2D eigenvalue weighted by Gasteiger charge is 2.05. The van der Waals surface area contributed by atoms with Crippen LogP contribution in [-0.4, -0.2) is 10.2 Å². The van der Waals surface area contributed by atoms with Crippen molar-refractivity contribution >= 4 is 16.6 Å². The Kier molecular flexibility index (Phi) is 2.04. The second-order valence-electron chi connectivity index (χ2n) is 3.11. The number of nitrogens with zero attached hydrogens (tertiary/aromatic N) is 2. The molecular formula is C10H10FN3. The third-order valence-electron chi connectivity index (χ3n) is 2.24. The molecule has 0 radical (unpaired) electrons. The van der Waals surface area contributed by atoms with Gasteiger partial charge in [0.15, 0.2) is 5.82 Å². The van der Waals surface area contributed by atoms with E-state index >= 15 is 0 Å². The van der Waals surface area contributed by atoms with Gasteiger partial charge in [0, 0.05) is 10.8 Å². The SMILES string of the molecule is CCc1cc2cnnc(N)c2cc1F. The lowest BCUT2D eigenvalue weighted by atomic mass is 10.1. The number of halogens is 1. The minimum absolute atomic E-state index is 0.236. The second-order valence-corrected chi connectivity index (χ2v) is 3.11. The normalized spacial score (nSPS) is 10.7. The number of hydrogen-bond donors (Lipinski definition) is 1. The van der Waals surface area contributed by atoms with E-state index in [4.69, 9.17) is 5.73 Å². The van der Waals surface area contributed by atoms with Gasteiger partial charge < -0.3 is 5.73 Å². The van der Waals surface area contributed by atoms with Crippen molar-refractivity contribution in [2.45, 2.75) is 13.3 Å². The van der Waals surface area contributed by atoms with Crippen molar-refractivity contribution in [3.8, 4) is 0 Å². The maximum atomic E-state index is 13.4. The number of benzene rings is 1. The second kappa shape index (κ2) is 3.21. The topological polar surface area (TPSA) is 51.8 Å². The molecule has 0 atom stereocenters. The number of fused-ring (bicyclic) bond motifs is 1. The summed E-state index contributed by atoms with van der Waals surface area (Å²) in [7, 11) is 0. The molecule has 0 saturated heterocycles. The summed E-state index contributed by atoms with van der Waals surface area (Å²) in [5, 5.41) is 8.83. The molecule has 0 bridgehead atoms. The summed E-state index contributed by atoms with van der Waals surface area (Å²) in [6.07, 6.45) is 2.24. The lowest BCUT2D eigenvalue weighted by Gasteiger charge is -2.03. The van der Waals surface area contributed by atoms with E-state index in [9.17, 15) is 4.39 Å². The standard InChI is InChI=1S/C10H10FN3/c1-2-6-3-7-5-13-14-10(12)8(7)4-9(6)11/h3-5H,2H2,1H3,(H2,12,14). The summed E-state index contributed by atoms with van der Waals surface area (Å²) in [5.74, 6) is 0.0313. The molecule has 0 amide bonds. The maximum absolute atomic E-state index is 13.4. The van der Waals surface area contributed by atoms with Crippen LogP contribution in [0.4, 0.5) is 10.2 Å². The third-order valence-corrected chi connectivity index (χ3v) is 2.24. The fraction of sp³-hybridized carbons (Fsp3) is 0.200. The highest BCUT2D eigenvalue weighted by molar-refractivity contribution is 5.90. The lowest BCUT2D eigenvalue weighted by Crippen LogP contribution is -1.96. The van der Waals surface area contributed by atoms with E-state index in [1.54, 1.807) is 12.3 Å². The van der Waals surface area contributed by atoms with Crippen LogP contribution in [0.25, 0.3) is 10.8 Å². The molecule has 2 aromatic rings. The van der Waals surface area contributed by atoms with Gasteiger partial charge in [-0.15, -0.1) is 5.10 Å². The van der Waals surface area contributed by atoms with Crippen molar-refractivity contribution in [1.82, 2.24) is 10.2 Å². The maximum Gasteiger partial charge on any atom is 0.154 e. The first-order valence-corrected chi connectivity index (χ1v) is 4.41. The first-order chi connectivity index (χ1) is 6.72. The average Bonchev–Trinajstić information content (AvgIpc) is 2.19. The number of nitrogen functional groups attached to an aromatic ring is 1. The fourth-order valence-electron chi connectivity index (χ4n) is 1.44. The van der Waals surface area contributed by atoms with Gasteiger partial charge in [0.05, 0.1) is 6.20 Å². The van der Waals surface area contributed by atoms with E-state index in [0.717, 1.165) is 5.39 Å². The average molecular weight is 191 g/mol. The first-order valence-electron chi connectivity index (χ1n) is 4.41. The molecule has 0 spiro atoms. The van der Waals surface area contributed by atoms with Gasteiger partial charge in [0.2, 0.25) is 0 Å². The van der Waals surface area contributed by atoms with Crippen molar-refractivity contribution < 1.29 is 4.39 Å². The Labute approximate surface area is 80.8 Å². The number of aromatic nitrogens is 2. The summed E-state index contributed by atoms with van der Waals surface area (Å²) in [6, 6.07) is 3.17. The number of hydrogen-bond acceptors (Lipinski definition) is 3. The molecule has 2 rings (SSSR count). The smallest absolute Gasteiger partial charge is 0.154 e. The molecule has 0 aliphatic rings. The Bertz CT molecular complexity index is 482. The summed E-state index contributed by atoms with van der Waals surface area (Å²) in [4.78, 5) is 0.